The second-order valence-corrected chi connectivity index (χ2v) is 6.21. The van der Waals surface area contributed by atoms with E-state index in [1.165, 1.54) is 0 Å². The molecule has 0 radical (unpaired) electrons. The number of hydrogen-bond donors (Lipinski definition) is 0. The summed E-state index contributed by atoms with van der Waals surface area (Å²) in [6, 6.07) is 34.4. The zero-order chi connectivity index (χ0) is 18.4. The average molecular weight is 349 g/mol. The summed E-state index contributed by atoms with van der Waals surface area (Å²) in [6.07, 6.45) is 3.60. The van der Waals surface area contributed by atoms with E-state index in [1.54, 1.807) is 12.4 Å². The van der Waals surface area contributed by atoms with Gasteiger partial charge in [-0.3, -0.25) is 4.98 Å². The fourth-order valence-electron chi connectivity index (χ4n) is 3.25. The molecule has 3 heteroatoms. The zero-order valence-corrected chi connectivity index (χ0v) is 14.8. The molecular formula is C24H19N3. The van der Waals surface area contributed by atoms with E-state index < -0.39 is 5.54 Å². The van der Waals surface area contributed by atoms with Gasteiger partial charge in [-0.05, 0) is 41.0 Å². The van der Waals surface area contributed by atoms with Crippen LogP contribution in [0.3, 0.4) is 0 Å². The second-order valence-electron chi connectivity index (χ2n) is 6.21. The first kappa shape index (κ1) is 16.9. The summed E-state index contributed by atoms with van der Waals surface area (Å²) >= 11 is 0. The van der Waals surface area contributed by atoms with Crippen molar-refractivity contribution in [1.82, 2.24) is 4.98 Å². The van der Waals surface area contributed by atoms with Gasteiger partial charge in [-0.15, -0.1) is 0 Å². The monoisotopic (exact) mass is 349 g/mol. The molecule has 4 rings (SSSR count). The van der Waals surface area contributed by atoms with Gasteiger partial charge in [-0.2, -0.15) is 10.2 Å². The molecule has 0 atom stereocenters. The lowest BCUT2D eigenvalue weighted by Crippen LogP contribution is -2.26. The highest BCUT2D eigenvalue weighted by atomic mass is 15.2. The smallest absolute Gasteiger partial charge is 0.157 e. The van der Waals surface area contributed by atoms with Crippen molar-refractivity contribution in [1.29, 1.82) is 0 Å². The fourth-order valence-corrected chi connectivity index (χ4v) is 3.25. The van der Waals surface area contributed by atoms with Crippen LogP contribution in [-0.2, 0) is 5.54 Å². The number of hydrogen-bond acceptors (Lipinski definition) is 3. The quantitative estimate of drug-likeness (QED) is 0.398. The number of benzene rings is 3. The third-order valence-corrected chi connectivity index (χ3v) is 4.55. The van der Waals surface area contributed by atoms with Crippen LogP contribution in [0.5, 0.6) is 0 Å². The standard InChI is InChI=1S/C24H19N3/c1-4-10-20(11-5-1)24(21-12-6-2-7-13-21,22-16-18-25-19-17-22)27-26-23-14-8-3-9-15-23/h1-19H. The van der Waals surface area contributed by atoms with Gasteiger partial charge in [0.2, 0.25) is 0 Å². The number of pyridine rings is 1. The van der Waals surface area contributed by atoms with Crippen molar-refractivity contribution in [2.75, 3.05) is 0 Å². The summed E-state index contributed by atoms with van der Waals surface area (Å²) in [5.41, 5.74) is 3.21. The van der Waals surface area contributed by atoms with Crippen LogP contribution in [-0.4, -0.2) is 4.98 Å². The maximum Gasteiger partial charge on any atom is 0.157 e. The van der Waals surface area contributed by atoms with E-state index in [0.717, 1.165) is 22.4 Å². The molecular weight excluding hydrogens is 330 g/mol. The minimum atomic E-state index is -0.749. The molecule has 4 aromatic rings. The Kier molecular flexibility index (Phi) is 4.84. The molecule has 130 valence electrons. The van der Waals surface area contributed by atoms with Crippen LogP contribution in [0.2, 0.25) is 0 Å². The van der Waals surface area contributed by atoms with Crippen LogP contribution in [0, 0.1) is 0 Å². The zero-order valence-electron chi connectivity index (χ0n) is 14.8. The molecule has 0 fully saturated rings. The highest BCUT2D eigenvalue weighted by Crippen LogP contribution is 2.41. The van der Waals surface area contributed by atoms with E-state index in [9.17, 15) is 0 Å². The largest absolute Gasteiger partial charge is 0.265 e. The molecule has 0 saturated carbocycles. The third kappa shape index (κ3) is 3.40. The van der Waals surface area contributed by atoms with Crippen molar-refractivity contribution in [3.8, 4) is 0 Å². The van der Waals surface area contributed by atoms with E-state index >= 15 is 0 Å². The average Bonchev–Trinajstić information content (AvgIpc) is 2.77. The van der Waals surface area contributed by atoms with Crippen LogP contribution in [0.15, 0.2) is 126 Å². The molecule has 0 bridgehead atoms. The van der Waals surface area contributed by atoms with Gasteiger partial charge in [0, 0.05) is 12.4 Å². The Balaban J connectivity index is 1.99. The Morgan fingerprint density at radius 1 is 0.519 bits per heavy atom. The molecule has 0 N–H and O–H groups in total. The van der Waals surface area contributed by atoms with Crippen molar-refractivity contribution in [3.05, 3.63) is 132 Å². The van der Waals surface area contributed by atoms with Crippen molar-refractivity contribution in [3.63, 3.8) is 0 Å². The highest BCUT2D eigenvalue weighted by molar-refractivity contribution is 5.49. The first-order chi connectivity index (χ1) is 13.4. The van der Waals surface area contributed by atoms with Gasteiger partial charge >= 0.3 is 0 Å². The second kappa shape index (κ2) is 7.75. The molecule has 0 amide bonds. The van der Waals surface area contributed by atoms with Gasteiger partial charge in [0.05, 0.1) is 5.69 Å². The van der Waals surface area contributed by atoms with E-state index in [-0.39, 0.29) is 0 Å². The van der Waals surface area contributed by atoms with E-state index in [4.69, 9.17) is 5.11 Å². The van der Waals surface area contributed by atoms with Crippen molar-refractivity contribution in [2.24, 2.45) is 10.2 Å². The predicted molar refractivity (Wildman–Crippen MR) is 108 cm³/mol. The molecule has 3 aromatic carbocycles. The first-order valence-corrected chi connectivity index (χ1v) is 8.89. The maximum absolute atomic E-state index is 4.93. The predicted octanol–water partition coefficient (Wildman–Crippen LogP) is 6.16. The first-order valence-electron chi connectivity index (χ1n) is 8.89. The van der Waals surface area contributed by atoms with Crippen molar-refractivity contribution < 1.29 is 0 Å². The van der Waals surface area contributed by atoms with E-state index in [2.05, 4.69) is 34.4 Å². The Morgan fingerprint density at radius 2 is 0.963 bits per heavy atom. The van der Waals surface area contributed by atoms with Gasteiger partial charge in [-0.25, -0.2) is 0 Å². The highest BCUT2D eigenvalue weighted by Gasteiger charge is 2.36. The Bertz CT molecular complexity index is 902. The summed E-state index contributed by atoms with van der Waals surface area (Å²) in [7, 11) is 0. The minimum Gasteiger partial charge on any atom is -0.265 e. The molecule has 0 aliphatic carbocycles. The van der Waals surface area contributed by atoms with E-state index in [1.807, 2.05) is 78.9 Å². The summed E-state index contributed by atoms with van der Waals surface area (Å²) in [6.45, 7) is 0. The van der Waals surface area contributed by atoms with Crippen LogP contribution in [0.1, 0.15) is 16.7 Å². The molecule has 0 aliphatic rings. The lowest BCUT2D eigenvalue weighted by molar-refractivity contribution is 0.617. The maximum atomic E-state index is 4.93. The molecule has 0 spiro atoms. The van der Waals surface area contributed by atoms with Crippen molar-refractivity contribution >= 4 is 5.69 Å². The molecule has 3 nitrogen and oxygen atoms in total. The summed E-state index contributed by atoms with van der Waals surface area (Å²) in [5, 5.41) is 9.55. The summed E-state index contributed by atoms with van der Waals surface area (Å²) < 4.78 is 0. The molecule has 1 heterocycles. The number of nitrogens with zero attached hydrogens (tertiary/aromatic N) is 3. The van der Waals surface area contributed by atoms with Gasteiger partial charge in [0.25, 0.3) is 0 Å². The molecule has 27 heavy (non-hydrogen) atoms. The molecule has 0 aliphatic heterocycles. The Hall–Kier alpha value is -3.59. The molecule has 0 unspecified atom stereocenters. The van der Waals surface area contributed by atoms with Crippen molar-refractivity contribution in [2.45, 2.75) is 5.54 Å². The van der Waals surface area contributed by atoms with Crippen LogP contribution in [0.25, 0.3) is 0 Å². The fraction of sp³-hybridized carbons (Fsp3) is 0.0417. The lowest BCUT2D eigenvalue weighted by Gasteiger charge is -2.30. The summed E-state index contributed by atoms with van der Waals surface area (Å²) in [5.74, 6) is 0. The number of aromatic nitrogens is 1. The van der Waals surface area contributed by atoms with Gasteiger partial charge in [0.1, 0.15) is 0 Å². The van der Waals surface area contributed by atoms with Crippen LogP contribution in [0.4, 0.5) is 5.69 Å². The van der Waals surface area contributed by atoms with E-state index in [0.29, 0.717) is 0 Å². The Labute approximate surface area is 159 Å². The summed E-state index contributed by atoms with van der Waals surface area (Å²) in [4.78, 5) is 4.19. The number of azo groups is 1. The van der Waals surface area contributed by atoms with Gasteiger partial charge < -0.3 is 0 Å². The Morgan fingerprint density at radius 3 is 1.48 bits per heavy atom. The SMILES string of the molecule is c1ccc(N=NC(c2ccccc2)(c2ccccc2)c2ccncc2)cc1. The molecule has 1 aromatic heterocycles. The molecule has 0 saturated heterocycles. The minimum absolute atomic E-state index is 0.749. The van der Waals surface area contributed by atoms with Crippen LogP contribution >= 0.6 is 0 Å². The topological polar surface area (TPSA) is 37.6 Å². The third-order valence-electron chi connectivity index (χ3n) is 4.55. The normalized spacial score (nSPS) is 11.6. The van der Waals surface area contributed by atoms with Gasteiger partial charge in [-0.1, -0.05) is 78.9 Å². The van der Waals surface area contributed by atoms with Crippen LogP contribution < -0.4 is 0 Å². The number of rotatable bonds is 5. The van der Waals surface area contributed by atoms with Gasteiger partial charge in [0.15, 0.2) is 5.54 Å². The lowest BCUT2D eigenvalue weighted by atomic mass is 9.78.